The number of hydrogen-bond donors (Lipinski definition) is 1. The molecule has 1 aliphatic heterocycles. The van der Waals surface area contributed by atoms with Crippen molar-refractivity contribution in [2.45, 2.75) is 0 Å². The van der Waals surface area contributed by atoms with Crippen molar-refractivity contribution >= 4 is 23.3 Å². The molecule has 6 nitrogen and oxygen atoms in total. The van der Waals surface area contributed by atoms with Gasteiger partial charge in [-0.25, -0.2) is 9.18 Å². The summed E-state index contributed by atoms with van der Waals surface area (Å²) in [6, 6.07) is 21.9. The zero-order valence-corrected chi connectivity index (χ0v) is 16.1. The van der Waals surface area contributed by atoms with Crippen molar-refractivity contribution in [2.75, 3.05) is 29.9 Å². The first kappa shape index (κ1) is 19.4. The van der Waals surface area contributed by atoms with E-state index in [-0.39, 0.29) is 24.3 Å². The second kappa shape index (κ2) is 8.65. The van der Waals surface area contributed by atoms with Gasteiger partial charge >= 0.3 is 6.03 Å². The van der Waals surface area contributed by atoms with Gasteiger partial charge in [0, 0.05) is 24.5 Å². The molecule has 3 aromatic carbocycles. The fourth-order valence-corrected chi connectivity index (χ4v) is 3.19. The molecule has 152 valence electrons. The van der Waals surface area contributed by atoms with Crippen LogP contribution in [-0.4, -0.2) is 36.5 Å². The van der Waals surface area contributed by atoms with Gasteiger partial charge in [0.1, 0.15) is 23.9 Å². The molecule has 0 unspecified atom stereocenters. The molecule has 1 saturated heterocycles. The molecule has 0 aliphatic carbocycles. The van der Waals surface area contributed by atoms with Crippen LogP contribution in [0.3, 0.4) is 0 Å². The maximum atomic E-state index is 13.1. The van der Waals surface area contributed by atoms with Crippen LogP contribution < -0.4 is 15.0 Å². The number of hydrogen-bond acceptors (Lipinski definition) is 3. The van der Waals surface area contributed by atoms with Crippen molar-refractivity contribution in [3.05, 3.63) is 84.7 Å². The van der Waals surface area contributed by atoms with Gasteiger partial charge in [0.25, 0.3) is 0 Å². The van der Waals surface area contributed by atoms with Crippen LogP contribution >= 0.6 is 0 Å². The third-order valence-corrected chi connectivity index (χ3v) is 4.68. The van der Waals surface area contributed by atoms with E-state index in [2.05, 4.69) is 5.32 Å². The Hall–Kier alpha value is -3.87. The lowest BCUT2D eigenvalue weighted by Gasteiger charge is -2.18. The molecule has 3 aromatic rings. The third kappa shape index (κ3) is 4.57. The van der Waals surface area contributed by atoms with Gasteiger partial charge in [0.15, 0.2) is 0 Å². The molecule has 3 amide bonds. The fourth-order valence-electron chi connectivity index (χ4n) is 3.19. The number of nitrogens with zero attached hydrogens (tertiary/aromatic N) is 2. The molecule has 1 aliphatic rings. The molecule has 30 heavy (non-hydrogen) atoms. The first-order chi connectivity index (χ1) is 14.6. The Morgan fingerprint density at radius 3 is 2.27 bits per heavy atom. The van der Waals surface area contributed by atoms with E-state index >= 15 is 0 Å². The van der Waals surface area contributed by atoms with Crippen molar-refractivity contribution < 1.29 is 18.7 Å². The Morgan fingerprint density at radius 2 is 1.57 bits per heavy atom. The van der Waals surface area contributed by atoms with Crippen molar-refractivity contribution in [3.63, 3.8) is 0 Å². The summed E-state index contributed by atoms with van der Waals surface area (Å²) in [5.41, 5.74) is 1.22. The van der Waals surface area contributed by atoms with Crippen LogP contribution in [0.5, 0.6) is 11.5 Å². The lowest BCUT2D eigenvalue weighted by atomic mass is 10.3. The van der Waals surface area contributed by atoms with Crippen molar-refractivity contribution in [3.8, 4) is 11.5 Å². The second-order valence-electron chi connectivity index (χ2n) is 6.82. The highest BCUT2D eigenvalue weighted by Crippen LogP contribution is 2.23. The van der Waals surface area contributed by atoms with Gasteiger partial charge in [-0.05, 0) is 60.7 Å². The standard InChI is InChI=1S/C23H20FN3O3/c24-17-6-10-19(11-7-17)27-15-14-26(23(27)29)16-22(28)25-18-8-12-21(13-9-18)30-20-4-2-1-3-5-20/h1-13H,14-16H2,(H,25,28). The first-order valence-electron chi connectivity index (χ1n) is 9.53. The van der Waals surface area contributed by atoms with E-state index in [1.165, 1.54) is 21.9 Å². The lowest BCUT2D eigenvalue weighted by Crippen LogP contribution is -2.37. The minimum Gasteiger partial charge on any atom is -0.457 e. The van der Waals surface area contributed by atoms with Crippen molar-refractivity contribution in [1.29, 1.82) is 0 Å². The van der Waals surface area contributed by atoms with Gasteiger partial charge in [0.2, 0.25) is 5.91 Å². The van der Waals surface area contributed by atoms with Crippen molar-refractivity contribution in [2.24, 2.45) is 0 Å². The van der Waals surface area contributed by atoms with Crippen LogP contribution in [0.25, 0.3) is 0 Å². The molecule has 1 heterocycles. The number of halogens is 1. The summed E-state index contributed by atoms with van der Waals surface area (Å²) in [7, 11) is 0. The Kier molecular flexibility index (Phi) is 5.61. The summed E-state index contributed by atoms with van der Waals surface area (Å²) in [4.78, 5) is 27.9. The van der Waals surface area contributed by atoms with Gasteiger partial charge in [-0.1, -0.05) is 18.2 Å². The van der Waals surface area contributed by atoms with E-state index in [0.29, 0.717) is 30.2 Å². The maximum Gasteiger partial charge on any atom is 0.325 e. The van der Waals surface area contributed by atoms with E-state index in [1.807, 2.05) is 30.3 Å². The molecule has 4 rings (SSSR count). The Morgan fingerprint density at radius 1 is 0.900 bits per heavy atom. The minimum atomic E-state index is -0.359. The zero-order valence-electron chi connectivity index (χ0n) is 16.1. The van der Waals surface area contributed by atoms with Gasteiger partial charge in [-0.2, -0.15) is 0 Å². The predicted octanol–water partition coefficient (Wildman–Crippen LogP) is 4.50. The summed E-state index contributed by atoms with van der Waals surface area (Å²) in [5.74, 6) is 0.735. The van der Waals surface area contributed by atoms with E-state index in [0.717, 1.165) is 5.75 Å². The van der Waals surface area contributed by atoms with Gasteiger partial charge in [0.05, 0.1) is 0 Å². The number of benzene rings is 3. The Labute approximate surface area is 173 Å². The Balaban J connectivity index is 1.31. The second-order valence-corrected chi connectivity index (χ2v) is 6.82. The number of carbonyl (C=O) groups excluding carboxylic acids is 2. The van der Waals surface area contributed by atoms with Crippen LogP contribution in [-0.2, 0) is 4.79 Å². The monoisotopic (exact) mass is 405 g/mol. The van der Waals surface area contributed by atoms with E-state index < -0.39 is 0 Å². The molecule has 0 atom stereocenters. The fraction of sp³-hybridized carbons (Fsp3) is 0.130. The predicted molar refractivity (Wildman–Crippen MR) is 112 cm³/mol. The Bertz CT molecular complexity index is 1020. The molecule has 0 bridgehead atoms. The first-order valence-corrected chi connectivity index (χ1v) is 9.53. The van der Waals surface area contributed by atoms with Crippen LogP contribution in [0.4, 0.5) is 20.6 Å². The molecule has 0 spiro atoms. The largest absolute Gasteiger partial charge is 0.457 e. The molecule has 1 N–H and O–H groups in total. The van der Waals surface area contributed by atoms with E-state index in [1.54, 1.807) is 36.4 Å². The number of amides is 3. The van der Waals surface area contributed by atoms with Crippen LogP contribution in [0.15, 0.2) is 78.9 Å². The maximum absolute atomic E-state index is 13.1. The zero-order chi connectivity index (χ0) is 20.9. The number of ether oxygens (including phenoxy) is 1. The quantitative estimate of drug-likeness (QED) is 0.657. The van der Waals surface area contributed by atoms with Crippen LogP contribution in [0.2, 0.25) is 0 Å². The molecule has 0 aromatic heterocycles. The summed E-state index contributed by atoms with van der Waals surface area (Å²) >= 11 is 0. The van der Waals surface area contributed by atoms with Gasteiger partial charge in [-0.15, -0.1) is 0 Å². The van der Waals surface area contributed by atoms with Gasteiger partial charge in [-0.3, -0.25) is 9.69 Å². The highest BCUT2D eigenvalue weighted by atomic mass is 19.1. The average Bonchev–Trinajstić information content (AvgIpc) is 3.11. The molecule has 0 saturated carbocycles. The summed E-state index contributed by atoms with van der Waals surface area (Å²) in [6.45, 7) is 0.815. The van der Waals surface area contributed by atoms with Crippen LogP contribution in [0.1, 0.15) is 0 Å². The smallest absolute Gasteiger partial charge is 0.325 e. The third-order valence-electron chi connectivity index (χ3n) is 4.68. The number of nitrogens with one attached hydrogen (secondary N) is 1. The summed E-state index contributed by atoms with van der Waals surface area (Å²) in [6.07, 6.45) is 0. The highest BCUT2D eigenvalue weighted by molar-refractivity contribution is 5.99. The minimum absolute atomic E-state index is 0.0568. The van der Waals surface area contributed by atoms with Gasteiger partial charge < -0.3 is 15.0 Å². The van der Waals surface area contributed by atoms with E-state index in [9.17, 15) is 14.0 Å². The molecule has 1 fully saturated rings. The number of rotatable bonds is 6. The highest BCUT2D eigenvalue weighted by Gasteiger charge is 2.30. The molecular weight excluding hydrogens is 385 g/mol. The molecule has 0 radical (unpaired) electrons. The SMILES string of the molecule is O=C(CN1CCN(c2ccc(F)cc2)C1=O)Nc1ccc(Oc2ccccc2)cc1. The molecular formula is C23H20FN3O3. The normalized spacial score (nSPS) is 13.4. The average molecular weight is 405 g/mol. The van der Waals surface area contributed by atoms with Crippen molar-refractivity contribution in [1.82, 2.24) is 4.90 Å². The molecule has 7 heteroatoms. The number of carbonyl (C=O) groups is 2. The lowest BCUT2D eigenvalue weighted by molar-refractivity contribution is -0.116. The summed E-state index contributed by atoms with van der Waals surface area (Å²) < 4.78 is 18.8. The number of anilines is 2. The van der Waals surface area contributed by atoms with Crippen LogP contribution in [0, 0.1) is 5.82 Å². The number of urea groups is 1. The topological polar surface area (TPSA) is 61.9 Å². The number of para-hydroxylation sites is 1. The van der Waals surface area contributed by atoms with E-state index in [4.69, 9.17) is 4.74 Å². The summed E-state index contributed by atoms with van der Waals surface area (Å²) in [5, 5.41) is 2.79.